The van der Waals surface area contributed by atoms with Crippen molar-refractivity contribution >= 4 is 11.7 Å². The van der Waals surface area contributed by atoms with Crippen molar-refractivity contribution in [2.45, 2.75) is 51.3 Å². The van der Waals surface area contributed by atoms with E-state index in [1.165, 1.54) is 6.08 Å². The molecule has 134 valence electrons. The molecule has 1 atom stereocenters. The SMILES string of the molecule is CC1(C)CC(=O)C=C(C(=O)NC2CCCN(Cc3ccccn3)C2)O1. The second-order valence-corrected chi connectivity index (χ2v) is 7.38. The molecular formula is C19H25N3O3. The Morgan fingerprint density at radius 1 is 1.44 bits per heavy atom. The van der Waals surface area contributed by atoms with Crippen LogP contribution in [0.15, 0.2) is 36.2 Å². The van der Waals surface area contributed by atoms with Crippen molar-refractivity contribution in [2.24, 2.45) is 0 Å². The zero-order valence-corrected chi connectivity index (χ0v) is 14.8. The normalized spacial score (nSPS) is 23.5. The minimum absolute atomic E-state index is 0.0506. The van der Waals surface area contributed by atoms with Crippen LogP contribution in [0.4, 0.5) is 0 Å². The third-order valence-corrected chi connectivity index (χ3v) is 4.45. The smallest absolute Gasteiger partial charge is 0.286 e. The minimum atomic E-state index is -0.629. The van der Waals surface area contributed by atoms with Gasteiger partial charge in [-0.25, -0.2) is 0 Å². The summed E-state index contributed by atoms with van der Waals surface area (Å²) >= 11 is 0. The number of ketones is 1. The molecule has 1 aromatic rings. The molecule has 6 nitrogen and oxygen atoms in total. The van der Waals surface area contributed by atoms with Crippen LogP contribution in [0.3, 0.4) is 0 Å². The third-order valence-electron chi connectivity index (χ3n) is 4.45. The number of hydrogen-bond donors (Lipinski definition) is 1. The molecule has 3 heterocycles. The molecule has 1 unspecified atom stereocenters. The van der Waals surface area contributed by atoms with Crippen LogP contribution >= 0.6 is 0 Å². The largest absolute Gasteiger partial charge is 0.482 e. The molecule has 0 spiro atoms. The molecule has 25 heavy (non-hydrogen) atoms. The van der Waals surface area contributed by atoms with E-state index in [1.54, 1.807) is 6.20 Å². The highest BCUT2D eigenvalue weighted by atomic mass is 16.5. The Labute approximate surface area is 148 Å². The van der Waals surface area contributed by atoms with E-state index >= 15 is 0 Å². The average molecular weight is 343 g/mol. The summed E-state index contributed by atoms with van der Waals surface area (Å²) in [4.78, 5) is 30.9. The Morgan fingerprint density at radius 3 is 3.00 bits per heavy atom. The lowest BCUT2D eigenvalue weighted by Gasteiger charge is -2.34. The number of likely N-dealkylation sites (tertiary alicyclic amines) is 1. The van der Waals surface area contributed by atoms with Crippen molar-refractivity contribution in [3.05, 3.63) is 41.9 Å². The number of pyridine rings is 1. The standard InChI is InChI=1S/C19H25N3O3/c1-19(2)11-16(23)10-17(25-19)18(24)21-15-7-5-9-22(13-15)12-14-6-3-4-8-20-14/h3-4,6,8,10,15H,5,7,9,11-13H2,1-2H3,(H,21,24). The Balaban J connectivity index is 1.57. The number of carbonyl (C=O) groups is 2. The number of carbonyl (C=O) groups excluding carboxylic acids is 2. The number of rotatable bonds is 4. The van der Waals surface area contributed by atoms with Gasteiger partial charge in [-0.3, -0.25) is 19.5 Å². The van der Waals surface area contributed by atoms with Gasteiger partial charge in [-0.15, -0.1) is 0 Å². The van der Waals surface area contributed by atoms with Gasteiger partial charge >= 0.3 is 0 Å². The Morgan fingerprint density at radius 2 is 2.28 bits per heavy atom. The molecule has 1 N–H and O–H groups in total. The summed E-state index contributed by atoms with van der Waals surface area (Å²) in [5, 5.41) is 3.02. The highest BCUT2D eigenvalue weighted by molar-refractivity contribution is 6.01. The zero-order chi connectivity index (χ0) is 17.9. The molecule has 0 radical (unpaired) electrons. The Bertz CT molecular complexity index is 670. The van der Waals surface area contributed by atoms with Crippen molar-refractivity contribution in [1.29, 1.82) is 0 Å². The summed E-state index contributed by atoms with van der Waals surface area (Å²) in [6.45, 7) is 6.18. The first-order chi connectivity index (χ1) is 11.9. The predicted octanol–water partition coefficient (Wildman–Crippen LogP) is 1.81. The van der Waals surface area contributed by atoms with Crippen LogP contribution in [-0.4, -0.2) is 46.3 Å². The van der Waals surface area contributed by atoms with Crippen molar-refractivity contribution < 1.29 is 14.3 Å². The minimum Gasteiger partial charge on any atom is -0.482 e. The van der Waals surface area contributed by atoms with Gasteiger partial charge in [0, 0.05) is 37.8 Å². The van der Waals surface area contributed by atoms with Gasteiger partial charge in [-0.05, 0) is 45.4 Å². The molecule has 2 aliphatic rings. The number of amides is 1. The monoisotopic (exact) mass is 343 g/mol. The summed E-state index contributed by atoms with van der Waals surface area (Å²) < 4.78 is 5.67. The summed E-state index contributed by atoms with van der Waals surface area (Å²) in [5.74, 6) is -0.240. The molecule has 2 aliphatic heterocycles. The average Bonchev–Trinajstić information content (AvgIpc) is 2.54. The lowest BCUT2D eigenvalue weighted by atomic mass is 9.98. The van der Waals surface area contributed by atoms with Gasteiger partial charge in [0.15, 0.2) is 11.5 Å². The fraction of sp³-hybridized carbons (Fsp3) is 0.526. The number of piperidine rings is 1. The maximum absolute atomic E-state index is 12.5. The molecule has 1 fully saturated rings. The molecular weight excluding hydrogens is 318 g/mol. The van der Waals surface area contributed by atoms with Crippen LogP contribution in [0.5, 0.6) is 0 Å². The van der Waals surface area contributed by atoms with E-state index in [4.69, 9.17) is 4.74 Å². The predicted molar refractivity (Wildman–Crippen MR) is 93.5 cm³/mol. The van der Waals surface area contributed by atoms with E-state index < -0.39 is 5.60 Å². The summed E-state index contributed by atoms with van der Waals surface area (Å²) in [7, 11) is 0. The first kappa shape index (κ1) is 17.6. The van der Waals surface area contributed by atoms with Crippen molar-refractivity contribution in [3.8, 4) is 0 Å². The molecule has 0 aliphatic carbocycles. The Kier molecular flexibility index (Phi) is 5.18. The van der Waals surface area contributed by atoms with Crippen LogP contribution in [0, 0.1) is 0 Å². The van der Waals surface area contributed by atoms with Gasteiger partial charge in [0.25, 0.3) is 5.91 Å². The number of allylic oxidation sites excluding steroid dienone is 1. The van der Waals surface area contributed by atoms with Gasteiger partial charge in [0.1, 0.15) is 5.60 Å². The molecule has 0 aromatic carbocycles. The first-order valence-corrected chi connectivity index (χ1v) is 8.78. The van der Waals surface area contributed by atoms with Crippen molar-refractivity contribution in [3.63, 3.8) is 0 Å². The van der Waals surface area contributed by atoms with E-state index in [9.17, 15) is 9.59 Å². The van der Waals surface area contributed by atoms with E-state index in [2.05, 4.69) is 15.2 Å². The number of nitrogens with one attached hydrogen (secondary N) is 1. The van der Waals surface area contributed by atoms with Gasteiger partial charge in [0.05, 0.1) is 5.69 Å². The quantitative estimate of drug-likeness (QED) is 0.903. The molecule has 1 amide bonds. The van der Waals surface area contributed by atoms with Crippen LogP contribution in [0.25, 0.3) is 0 Å². The van der Waals surface area contributed by atoms with E-state index in [1.807, 2.05) is 32.0 Å². The van der Waals surface area contributed by atoms with Crippen molar-refractivity contribution in [2.75, 3.05) is 13.1 Å². The maximum Gasteiger partial charge on any atom is 0.286 e. The number of aromatic nitrogens is 1. The topological polar surface area (TPSA) is 71.5 Å². The molecule has 1 saturated heterocycles. The van der Waals surface area contributed by atoms with Gasteiger partial charge in [-0.2, -0.15) is 0 Å². The summed E-state index contributed by atoms with van der Waals surface area (Å²) in [6, 6.07) is 5.95. The summed E-state index contributed by atoms with van der Waals surface area (Å²) in [6.07, 6.45) is 5.35. The number of nitrogens with zero attached hydrogens (tertiary/aromatic N) is 2. The lowest BCUT2D eigenvalue weighted by Crippen LogP contribution is -2.48. The summed E-state index contributed by atoms with van der Waals surface area (Å²) in [5.41, 5.74) is 0.399. The highest BCUT2D eigenvalue weighted by Gasteiger charge is 2.33. The van der Waals surface area contributed by atoms with Gasteiger partial charge in [0.2, 0.25) is 0 Å². The van der Waals surface area contributed by atoms with Crippen LogP contribution in [0.1, 0.15) is 38.8 Å². The van der Waals surface area contributed by atoms with Crippen molar-refractivity contribution in [1.82, 2.24) is 15.2 Å². The van der Waals surface area contributed by atoms with E-state index in [0.717, 1.165) is 38.2 Å². The second-order valence-electron chi connectivity index (χ2n) is 7.38. The second kappa shape index (κ2) is 7.35. The first-order valence-electron chi connectivity index (χ1n) is 8.78. The van der Waals surface area contributed by atoms with Crippen LogP contribution in [-0.2, 0) is 20.9 Å². The third kappa shape index (κ3) is 4.89. The van der Waals surface area contributed by atoms with E-state index in [-0.39, 0.29) is 23.5 Å². The molecule has 3 rings (SSSR count). The lowest BCUT2D eigenvalue weighted by molar-refractivity contribution is -0.131. The highest BCUT2D eigenvalue weighted by Crippen LogP contribution is 2.25. The Hall–Kier alpha value is -2.21. The van der Waals surface area contributed by atoms with Crippen LogP contribution in [0.2, 0.25) is 0 Å². The number of hydrogen-bond acceptors (Lipinski definition) is 5. The zero-order valence-electron chi connectivity index (χ0n) is 14.8. The fourth-order valence-electron chi connectivity index (χ4n) is 3.39. The molecule has 6 heteroatoms. The molecule has 0 bridgehead atoms. The molecule has 0 saturated carbocycles. The molecule has 1 aromatic heterocycles. The van der Waals surface area contributed by atoms with Gasteiger partial charge < -0.3 is 10.1 Å². The van der Waals surface area contributed by atoms with Gasteiger partial charge in [-0.1, -0.05) is 6.07 Å². The van der Waals surface area contributed by atoms with E-state index in [0.29, 0.717) is 6.42 Å². The van der Waals surface area contributed by atoms with Crippen LogP contribution < -0.4 is 5.32 Å². The number of ether oxygens (including phenoxy) is 1. The maximum atomic E-state index is 12.5. The fourth-order valence-corrected chi connectivity index (χ4v) is 3.39.